The first-order chi connectivity index (χ1) is 7.21. The minimum absolute atomic E-state index is 0.0970. The molecular weight excluding hydrogens is 194 g/mol. The molecule has 3 N–H and O–H groups in total. The maximum Gasteiger partial charge on any atom is 0.304 e. The lowest BCUT2D eigenvalue weighted by molar-refractivity contribution is -0.726. The highest BCUT2D eigenvalue weighted by Crippen LogP contribution is 2.52. The molecule has 5 nitrogen and oxygen atoms in total. The van der Waals surface area contributed by atoms with Gasteiger partial charge in [-0.2, -0.15) is 4.68 Å². The van der Waals surface area contributed by atoms with Crippen molar-refractivity contribution in [3.63, 3.8) is 0 Å². The largest absolute Gasteiger partial charge is 0.481 e. The summed E-state index contributed by atoms with van der Waals surface area (Å²) in [6, 6.07) is 0. The molecule has 0 bridgehead atoms. The molecule has 0 aromatic carbocycles. The van der Waals surface area contributed by atoms with Gasteiger partial charge in [-0.3, -0.25) is 10.1 Å². The third-order valence-corrected chi connectivity index (χ3v) is 3.43. The molecule has 3 rings (SSSR count). The first kappa shape index (κ1) is 8.76. The van der Waals surface area contributed by atoms with E-state index in [1.807, 2.05) is 6.20 Å². The molecule has 1 aromatic heterocycles. The SMILES string of the molecule is O=C(O)CC1(c2c[nH][n+]3c2NCC3)CC1. The fourth-order valence-corrected chi connectivity index (χ4v) is 2.46. The average molecular weight is 208 g/mol. The van der Waals surface area contributed by atoms with Crippen molar-refractivity contribution in [1.29, 1.82) is 0 Å². The molecule has 1 fully saturated rings. The fraction of sp³-hybridized carbons (Fsp3) is 0.600. The second-order valence-electron chi connectivity index (χ2n) is 4.46. The summed E-state index contributed by atoms with van der Waals surface area (Å²) >= 11 is 0. The Balaban J connectivity index is 1.95. The van der Waals surface area contributed by atoms with Crippen LogP contribution in [0.25, 0.3) is 0 Å². The molecule has 1 aliphatic heterocycles. The average Bonchev–Trinajstić information content (AvgIpc) is 2.62. The van der Waals surface area contributed by atoms with Crippen LogP contribution in [0.1, 0.15) is 24.8 Å². The van der Waals surface area contributed by atoms with Gasteiger partial charge in [0.05, 0.1) is 18.2 Å². The Kier molecular flexibility index (Phi) is 1.60. The molecule has 15 heavy (non-hydrogen) atoms. The molecule has 1 aliphatic carbocycles. The molecular formula is C10H14N3O2+. The number of rotatable bonds is 3. The van der Waals surface area contributed by atoms with Crippen LogP contribution in [-0.2, 0) is 16.8 Å². The molecule has 0 unspecified atom stereocenters. The number of aromatic nitrogens is 2. The smallest absolute Gasteiger partial charge is 0.304 e. The van der Waals surface area contributed by atoms with Gasteiger partial charge < -0.3 is 5.11 Å². The minimum atomic E-state index is -0.703. The molecule has 1 saturated carbocycles. The van der Waals surface area contributed by atoms with E-state index >= 15 is 0 Å². The Bertz CT molecular complexity index is 420. The van der Waals surface area contributed by atoms with Crippen molar-refractivity contribution >= 4 is 11.8 Å². The van der Waals surface area contributed by atoms with Crippen molar-refractivity contribution in [3.8, 4) is 0 Å². The van der Waals surface area contributed by atoms with Crippen molar-refractivity contribution in [1.82, 2.24) is 5.10 Å². The van der Waals surface area contributed by atoms with Crippen LogP contribution in [0, 0.1) is 0 Å². The number of fused-ring (bicyclic) bond motifs is 1. The van der Waals surface area contributed by atoms with Crippen LogP contribution in [0.4, 0.5) is 5.82 Å². The van der Waals surface area contributed by atoms with Gasteiger partial charge in [0, 0.05) is 5.41 Å². The second-order valence-corrected chi connectivity index (χ2v) is 4.46. The molecule has 0 spiro atoms. The van der Waals surface area contributed by atoms with E-state index in [0.29, 0.717) is 0 Å². The first-order valence-electron chi connectivity index (χ1n) is 5.29. The predicted molar refractivity (Wildman–Crippen MR) is 52.6 cm³/mol. The molecule has 5 heteroatoms. The Morgan fingerprint density at radius 2 is 2.40 bits per heavy atom. The van der Waals surface area contributed by atoms with E-state index in [-0.39, 0.29) is 11.8 Å². The van der Waals surface area contributed by atoms with Crippen molar-refractivity contribution in [3.05, 3.63) is 11.8 Å². The van der Waals surface area contributed by atoms with E-state index in [1.165, 1.54) is 0 Å². The number of hydrogen-bond donors (Lipinski definition) is 3. The summed E-state index contributed by atoms with van der Waals surface area (Å²) in [5, 5.41) is 15.4. The number of aromatic amines is 1. The number of hydrogen-bond acceptors (Lipinski definition) is 2. The molecule has 2 heterocycles. The van der Waals surface area contributed by atoms with Crippen LogP contribution in [0.15, 0.2) is 6.20 Å². The Hall–Kier alpha value is -1.52. The van der Waals surface area contributed by atoms with E-state index < -0.39 is 5.97 Å². The summed E-state index contributed by atoms with van der Waals surface area (Å²) in [5.74, 6) is 0.388. The molecule has 80 valence electrons. The van der Waals surface area contributed by atoms with Crippen LogP contribution in [-0.4, -0.2) is 22.7 Å². The van der Waals surface area contributed by atoms with E-state index in [0.717, 1.165) is 37.3 Å². The molecule has 1 aromatic rings. The topological polar surface area (TPSA) is 69.0 Å². The predicted octanol–water partition coefficient (Wildman–Crippen LogP) is 0.234. The summed E-state index contributed by atoms with van der Waals surface area (Å²) in [4.78, 5) is 10.8. The number of carboxylic acids is 1. The fourth-order valence-electron chi connectivity index (χ4n) is 2.46. The van der Waals surface area contributed by atoms with Crippen LogP contribution in [0.5, 0.6) is 0 Å². The first-order valence-corrected chi connectivity index (χ1v) is 5.29. The number of nitrogens with zero attached hydrogens (tertiary/aromatic N) is 1. The maximum absolute atomic E-state index is 10.8. The van der Waals surface area contributed by atoms with Gasteiger partial charge in [-0.15, -0.1) is 0 Å². The number of anilines is 1. The lowest BCUT2D eigenvalue weighted by Gasteiger charge is -2.08. The zero-order valence-electron chi connectivity index (χ0n) is 8.42. The number of aliphatic carboxylic acids is 1. The van der Waals surface area contributed by atoms with Gasteiger partial charge in [0.2, 0.25) is 0 Å². The highest BCUT2D eigenvalue weighted by molar-refractivity contribution is 5.71. The van der Waals surface area contributed by atoms with Gasteiger partial charge >= 0.3 is 5.97 Å². The molecule has 2 aliphatic rings. The molecule has 0 atom stereocenters. The normalized spacial score (nSPS) is 20.8. The summed E-state index contributed by atoms with van der Waals surface area (Å²) in [6.07, 6.45) is 4.19. The third-order valence-electron chi connectivity index (χ3n) is 3.43. The van der Waals surface area contributed by atoms with E-state index in [4.69, 9.17) is 5.11 Å². The van der Waals surface area contributed by atoms with Crippen LogP contribution >= 0.6 is 0 Å². The van der Waals surface area contributed by atoms with E-state index in [9.17, 15) is 4.79 Å². The van der Waals surface area contributed by atoms with Gasteiger partial charge in [-0.05, 0) is 12.8 Å². The standard InChI is InChI=1S/C10H13N3O2/c14-8(15)5-10(1-2-10)7-6-12-13-4-3-11-9(7)13/h6H,1-5H2,(H2,11,12,14,15)/p+1. The van der Waals surface area contributed by atoms with E-state index in [2.05, 4.69) is 15.1 Å². The van der Waals surface area contributed by atoms with Gasteiger partial charge in [0.1, 0.15) is 13.1 Å². The molecule has 0 saturated heterocycles. The Labute approximate surface area is 87.1 Å². The molecule has 0 radical (unpaired) electrons. The number of carbonyl (C=O) groups is 1. The van der Waals surface area contributed by atoms with Crippen molar-refractivity contribution in [2.45, 2.75) is 31.2 Å². The van der Waals surface area contributed by atoms with Crippen LogP contribution < -0.4 is 10.00 Å². The quantitative estimate of drug-likeness (QED) is 0.623. The zero-order chi connectivity index (χ0) is 10.5. The van der Waals surface area contributed by atoms with Gasteiger partial charge in [0.15, 0.2) is 0 Å². The summed E-state index contributed by atoms with van der Waals surface area (Å²) in [6.45, 7) is 1.88. The number of nitrogens with one attached hydrogen (secondary N) is 2. The summed E-state index contributed by atoms with van der Waals surface area (Å²) in [5.41, 5.74) is 1.06. The number of H-pyrrole nitrogens is 1. The summed E-state index contributed by atoms with van der Waals surface area (Å²) in [7, 11) is 0. The van der Waals surface area contributed by atoms with Gasteiger partial charge in [0.25, 0.3) is 5.82 Å². The molecule has 0 amide bonds. The zero-order valence-corrected chi connectivity index (χ0v) is 8.42. The Morgan fingerprint density at radius 3 is 3.07 bits per heavy atom. The van der Waals surface area contributed by atoms with Gasteiger partial charge in [-0.1, -0.05) is 0 Å². The highest BCUT2D eigenvalue weighted by atomic mass is 16.4. The number of carboxylic acid groups (broad SMARTS) is 1. The minimum Gasteiger partial charge on any atom is -0.481 e. The lowest BCUT2D eigenvalue weighted by Crippen LogP contribution is -2.32. The van der Waals surface area contributed by atoms with Crippen LogP contribution in [0.2, 0.25) is 0 Å². The second kappa shape index (κ2) is 2.74. The van der Waals surface area contributed by atoms with Gasteiger partial charge in [-0.25, -0.2) is 5.10 Å². The lowest BCUT2D eigenvalue weighted by atomic mass is 9.94. The maximum atomic E-state index is 10.8. The highest BCUT2D eigenvalue weighted by Gasteiger charge is 2.51. The van der Waals surface area contributed by atoms with Crippen molar-refractivity contribution in [2.75, 3.05) is 11.9 Å². The Morgan fingerprint density at radius 1 is 1.60 bits per heavy atom. The van der Waals surface area contributed by atoms with Crippen molar-refractivity contribution in [2.24, 2.45) is 0 Å². The van der Waals surface area contributed by atoms with Crippen LogP contribution in [0.3, 0.4) is 0 Å². The van der Waals surface area contributed by atoms with Crippen molar-refractivity contribution < 1.29 is 14.6 Å². The summed E-state index contributed by atoms with van der Waals surface area (Å²) < 4.78 is 2.05. The van der Waals surface area contributed by atoms with E-state index in [1.54, 1.807) is 0 Å². The monoisotopic (exact) mass is 208 g/mol. The third kappa shape index (κ3) is 1.22.